The molecule has 1 fully saturated rings. The van der Waals surface area contributed by atoms with Crippen molar-refractivity contribution in [3.8, 4) is 0 Å². The third-order valence-electron chi connectivity index (χ3n) is 2.52. The van der Waals surface area contributed by atoms with Gasteiger partial charge < -0.3 is 9.47 Å². The highest BCUT2D eigenvalue weighted by atomic mass is 35.7. The Bertz CT molecular complexity index is 331. The van der Waals surface area contributed by atoms with Crippen LogP contribution in [-0.4, -0.2) is 40.5 Å². The van der Waals surface area contributed by atoms with Crippen LogP contribution >= 0.6 is 10.7 Å². The summed E-state index contributed by atoms with van der Waals surface area (Å²) in [5.41, 5.74) is -1.03. The first-order chi connectivity index (χ1) is 6.90. The van der Waals surface area contributed by atoms with Crippen LogP contribution in [0.4, 0.5) is 0 Å². The third kappa shape index (κ3) is 3.32. The summed E-state index contributed by atoms with van der Waals surface area (Å²) in [5.74, 6) is -0.924. The number of carbonyl (C=O) groups is 1. The van der Waals surface area contributed by atoms with Gasteiger partial charge in [-0.2, -0.15) is 0 Å². The maximum absolute atomic E-state index is 11.6. The van der Waals surface area contributed by atoms with Crippen molar-refractivity contribution in [3.63, 3.8) is 0 Å². The summed E-state index contributed by atoms with van der Waals surface area (Å²) >= 11 is 0. The summed E-state index contributed by atoms with van der Waals surface area (Å²) in [4.78, 5) is 11.6. The van der Waals surface area contributed by atoms with Crippen LogP contribution < -0.4 is 0 Å². The molecule has 0 aliphatic carbocycles. The Morgan fingerprint density at radius 3 is 2.40 bits per heavy atom. The van der Waals surface area contributed by atoms with Gasteiger partial charge in [0, 0.05) is 23.9 Å². The van der Waals surface area contributed by atoms with Gasteiger partial charge in [-0.1, -0.05) is 0 Å². The number of ether oxygens (including phenoxy) is 2. The summed E-state index contributed by atoms with van der Waals surface area (Å²) in [6.45, 7) is 0.697. The van der Waals surface area contributed by atoms with E-state index in [9.17, 15) is 13.2 Å². The van der Waals surface area contributed by atoms with Gasteiger partial charge in [0.1, 0.15) is 0 Å². The van der Waals surface area contributed by atoms with Gasteiger partial charge in [-0.3, -0.25) is 4.79 Å². The van der Waals surface area contributed by atoms with Crippen LogP contribution in [0.3, 0.4) is 0 Å². The second-order valence-electron chi connectivity index (χ2n) is 3.57. The lowest BCUT2D eigenvalue weighted by atomic mass is 9.82. The van der Waals surface area contributed by atoms with Crippen LogP contribution in [0, 0.1) is 5.41 Å². The predicted molar refractivity (Wildman–Crippen MR) is 54.1 cm³/mol. The summed E-state index contributed by atoms with van der Waals surface area (Å²) < 4.78 is 31.8. The first-order valence-corrected chi connectivity index (χ1v) is 6.96. The lowest BCUT2D eigenvalue weighted by Crippen LogP contribution is -2.42. The second-order valence-corrected chi connectivity index (χ2v) is 6.34. The predicted octanol–water partition coefficient (Wildman–Crippen LogP) is 0.525. The van der Waals surface area contributed by atoms with Crippen LogP contribution in [0.25, 0.3) is 0 Å². The molecule has 0 amide bonds. The fourth-order valence-electron chi connectivity index (χ4n) is 1.72. The van der Waals surface area contributed by atoms with E-state index < -0.39 is 26.2 Å². The van der Waals surface area contributed by atoms with Gasteiger partial charge in [-0.25, -0.2) is 8.42 Å². The molecule has 1 rings (SSSR count). The van der Waals surface area contributed by atoms with E-state index >= 15 is 0 Å². The summed E-state index contributed by atoms with van der Waals surface area (Å²) in [7, 11) is 2.70. The van der Waals surface area contributed by atoms with Crippen molar-refractivity contribution in [1.29, 1.82) is 0 Å². The van der Waals surface area contributed by atoms with Crippen LogP contribution in [0.1, 0.15) is 12.8 Å². The maximum atomic E-state index is 11.6. The van der Waals surface area contributed by atoms with Crippen LogP contribution in [-0.2, 0) is 23.3 Å². The number of hydrogen-bond donors (Lipinski definition) is 0. The van der Waals surface area contributed by atoms with Crippen molar-refractivity contribution in [2.24, 2.45) is 5.41 Å². The lowest BCUT2D eigenvalue weighted by molar-refractivity contribution is -0.156. The molecule has 0 radical (unpaired) electrons. The minimum absolute atomic E-state index is 0.325. The van der Waals surface area contributed by atoms with E-state index in [-0.39, 0.29) is 0 Å². The number of esters is 1. The first kappa shape index (κ1) is 12.7. The van der Waals surface area contributed by atoms with Gasteiger partial charge in [-0.15, -0.1) is 0 Å². The van der Waals surface area contributed by atoms with Crippen molar-refractivity contribution in [1.82, 2.24) is 0 Å². The summed E-state index contributed by atoms with van der Waals surface area (Å²) in [6.07, 6.45) is 0.650. The van der Waals surface area contributed by atoms with E-state index in [2.05, 4.69) is 4.74 Å². The molecule has 0 aromatic carbocycles. The fourth-order valence-corrected chi connectivity index (χ4v) is 3.41. The number of rotatable bonds is 3. The Balaban J connectivity index is 2.90. The van der Waals surface area contributed by atoms with Gasteiger partial charge in [-0.05, 0) is 12.8 Å². The molecule has 7 heteroatoms. The molecule has 88 valence electrons. The zero-order valence-electron chi connectivity index (χ0n) is 8.36. The zero-order valence-corrected chi connectivity index (χ0v) is 9.94. The smallest absolute Gasteiger partial charge is 0.313 e. The monoisotopic (exact) mass is 256 g/mol. The topological polar surface area (TPSA) is 69.7 Å². The van der Waals surface area contributed by atoms with Crippen molar-refractivity contribution in [3.05, 3.63) is 0 Å². The second kappa shape index (κ2) is 4.67. The molecule has 0 aromatic rings. The lowest BCUT2D eigenvalue weighted by Gasteiger charge is -2.32. The van der Waals surface area contributed by atoms with Crippen molar-refractivity contribution in [2.45, 2.75) is 12.8 Å². The van der Waals surface area contributed by atoms with Gasteiger partial charge in [0.15, 0.2) is 0 Å². The van der Waals surface area contributed by atoms with Crippen molar-refractivity contribution >= 4 is 25.7 Å². The molecule has 5 nitrogen and oxygen atoms in total. The maximum Gasteiger partial charge on any atom is 0.313 e. The molecule has 0 saturated carbocycles. The van der Waals surface area contributed by atoms with Crippen LogP contribution in [0.5, 0.6) is 0 Å². The minimum atomic E-state index is -3.72. The van der Waals surface area contributed by atoms with E-state index in [0.717, 1.165) is 0 Å². The molecule has 0 atom stereocenters. The first-order valence-electron chi connectivity index (χ1n) is 4.48. The molecule has 0 unspecified atom stereocenters. The highest BCUT2D eigenvalue weighted by Crippen LogP contribution is 2.34. The number of methoxy groups -OCH3 is 1. The van der Waals surface area contributed by atoms with Gasteiger partial charge in [0.2, 0.25) is 9.05 Å². The fraction of sp³-hybridized carbons (Fsp3) is 0.875. The molecule has 0 N–H and O–H groups in total. The zero-order chi connectivity index (χ0) is 11.5. The Kier molecular flexibility index (Phi) is 3.97. The average molecular weight is 257 g/mol. The average Bonchev–Trinajstić information content (AvgIpc) is 2.15. The number of carbonyl (C=O) groups excluding carboxylic acids is 1. The van der Waals surface area contributed by atoms with Gasteiger partial charge >= 0.3 is 5.97 Å². The summed E-state index contributed by atoms with van der Waals surface area (Å²) in [6, 6.07) is 0. The molecule has 0 aromatic heterocycles. The highest BCUT2D eigenvalue weighted by molar-refractivity contribution is 8.13. The standard InChI is InChI=1S/C8H13ClO5S/c1-13-7(10)8(6-15(9,11)12)2-4-14-5-3-8/h2-6H2,1H3. The normalized spacial score (nSPS) is 20.9. The number of halogens is 1. The quantitative estimate of drug-likeness (QED) is 0.544. The highest BCUT2D eigenvalue weighted by Gasteiger charge is 2.44. The van der Waals surface area contributed by atoms with Crippen molar-refractivity contribution in [2.75, 3.05) is 26.1 Å². The van der Waals surface area contributed by atoms with E-state index in [1.54, 1.807) is 0 Å². The molecule has 1 heterocycles. The molecule has 1 aliphatic rings. The Hall–Kier alpha value is -0.330. The van der Waals surface area contributed by atoms with Crippen LogP contribution in [0.15, 0.2) is 0 Å². The molecule has 1 aliphatic heterocycles. The molecule has 1 saturated heterocycles. The molecule has 0 spiro atoms. The van der Waals surface area contributed by atoms with Gasteiger partial charge in [0.25, 0.3) is 0 Å². The third-order valence-corrected chi connectivity index (χ3v) is 3.74. The van der Waals surface area contributed by atoms with E-state index in [1.165, 1.54) is 7.11 Å². The Morgan fingerprint density at radius 2 is 2.00 bits per heavy atom. The number of hydrogen-bond acceptors (Lipinski definition) is 5. The largest absolute Gasteiger partial charge is 0.469 e. The molecular weight excluding hydrogens is 244 g/mol. The molecular formula is C8H13ClO5S. The SMILES string of the molecule is COC(=O)C1(CS(=O)(=O)Cl)CCOCC1. The van der Waals surface area contributed by atoms with Crippen molar-refractivity contribution < 1.29 is 22.7 Å². The van der Waals surface area contributed by atoms with E-state index in [1.807, 2.05) is 0 Å². The Labute approximate surface area is 93.1 Å². The van der Waals surface area contributed by atoms with Crippen LogP contribution in [0.2, 0.25) is 0 Å². The Morgan fingerprint density at radius 1 is 1.47 bits per heavy atom. The molecule has 0 bridgehead atoms. The summed E-state index contributed by atoms with van der Waals surface area (Å²) in [5, 5.41) is 0. The molecule has 15 heavy (non-hydrogen) atoms. The minimum Gasteiger partial charge on any atom is -0.469 e. The van der Waals surface area contributed by atoms with E-state index in [0.29, 0.717) is 26.1 Å². The van der Waals surface area contributed by atoms with Gasteiger partial charge in [0.05, 0.1) is 18.3 Å². The van der Waals surface area contributed by atoms with E-state index in [4.69, 9.17) is 15.4 Å².